The molecule has 1 saturated heterocycles. The van der Waals surface area contributed by atoms with E-state index in [-0.39, 0.29) is 29.2 Å². The fourth-order valence-electron chi connectivity index (χ4n) is 3.76. The largest absolute Gasteiger partial charge is 0.491 e. The summed E-state index contributed by atoms with van der Waals surface area (Å²) in [5, 5.41) is 13.0. The van der Waals surface area contributed by atoms with Gasteiger partial charge in [0.25, 0.3) is 11.8 Å². The second kappa shape index (κ2) is 8.49. The molecule has 0 aliphatic carbocycles. The number of aromatic nitrogens is 2. The van der Waals surface area contributed by atoms with Crippen molar-refractivity contribution in [3.63, 3.8) is 0 Å². The molecule has 3 aromatic rings. The molecule has 2 aromatic carbocycles. The van der Waals surface area contributed by atoms with E-state index in [4.69, 9.17) is 20.9 Å². The molecule has 34 heavy (non-hydrogen) atoms. The monoisotopic (exact) mass is 484 g/mol. The van der Waals surface area contributed by atoms with E-state index in [1.807, 2.05) is 38.1 Å². The molecule has 0 N–H and O–H groups in total. The van der Waals surface area contributed by atoms with Crippen molar-refractivity contribution >= 4 is 29.1 Å². The maximum atomic E-state index is 13.5. The summed E-state index contributed by atoms with van der Waals surface area (Å²) in [7, 11) is 0. The van der Waals surface area contributed by atoms with Crippen LogP contribution in [0.1, 0.15) is 19.7 Å². The Bertz CT molecular complexity index is 1290. The number of nitrogens with zero attached hydrogens (tertiary/aromatic N) is 6. The summed E-state index contributed by atoms with van der Waals surface area (Å²) in [6, 6.07) is 8.86. The molecule has 3 heterocycles. The molecule has 0 spiro atoms. The zero-order valence-corrected chi connectivity index (χ0v) is 18.8. The Balaban J connectivity index is 1.31. The summed E-state index contributed by atoms with van der Waals surface area (Å²) in [4.78, 5) is 31.2. The van der Waals surface area contributed by atoms with Crippen molar-refractivity contribution < 1.29 is 23.2 Å². The summed E-state index contributed by atoms with van der Waals surface area (Å²) >= 11 is 5.82. The first-order valence-corrected chi connectivity index (χ1v) is 10.8. The lowest BCUT2D eigenvalue weighted by molar-refractivity contribution is -0.123. The maximum Gasteiger partial charge on any atom is 0.263 e. The van der Waals surface area contributed by atoms with E-state index in [1.165, 1.54) is 17.1 Å². The van der Waals surface area contributed by atoms with E-state index < -0.39 is 29.7 Å². The first-order chi connectivity index (χ1) is 16.3. The highest BCUT2D eigenvalue weighted by Gasteiger charge is 2.55. The third kappa shape index (κ3) is 3.87. The number of benzene rings is 2. The quantitative estimate of drug-likeness (QED) is 0.489. The van der Waals surface area contributed by atoms with Crippen LogP contribution in [0.25, 0.3) is 11.4 Å². The smallest absolute Gasteiger partial charge is 0.263 e. The van der Waals surface area contributed by atoms with Gasteiger partial charge in [0.05, 0.1) is 16.8 Å². The number of amides is 2. The fourth-order valence-corrected chi connectivity index (χ4v) is 3.94. The van der Waals surface area contributed by atoms with Crippen LogP contribution < -0.4 is 9.64 Å². The number of ether oxygens (including phenoxy) is 1. The second-order valence-corrected chi connectivity index (χ2v) is 8.41. The third-order valence-corrected chi connectivity index (χ3v) is 5.56. The number of imide groups is 1. The van der Waals surface area contributed by atoms with Crippen molar-refractivity contribution in [1.82, 2.24) is 15.1 Å². The van der Waals surface area contributed by atoms with E-state index in [2.05, 4.69) is 20.5 Å². The van der Waals surface area contributed by atoms with Gasteiger partial charge in [-0.15, -0.1) is 0 Å². The lowest BCUT2D eigenvalue weighted by Gasteiger charge is -2.19. The Morgan fingerprint density at radius 3 is 2.62 bits per heavy atom. The van der Waals surface area contributed by atoms with Gasteiger partial charge in [-0.3, -0.25) is 14.6 Å². The minimum absolute atomic E-state index is 0.0246. The van der Waals surface area contributed by atoms with E-state index >= 15 is 0 Å². The molecule has 1 fully saturated rings. The summed E-state index contributed by atoms with van der Waals surface area (Å²) < 4.78 is 24.5. The predicted molar refractivity (Wildman–Crippen MR) is 117 cm³/mol. The molecule has 5 rings (SSSR count). The number of carbonyl (C=O) groups excluding carboxylic acids is 2. The van der Waals surface area contributed by atoms with Crippen molar-refractivity contribution in [2.24, 2.45) is 10.3 Å². The number of anilines is 1. The first kappa shape index (κ1) is 22.0. The van der Waals surface area contributed by atoms with Gasteiger partial charge in [0, 0.05) is 5.56 Å². The zero-order chi connectivity index (χ0) is 24.0. The lowest BCUT2D eigenvalue weighted by atomic mass is 10.1. The highest BCUT2D eigenvalue weighted by molar-refractivity contribution is 6.32. The van der Waals surface area contributed by atoms with Crippen LogP contribution in [0.4, 0.5) is 10.1 Å². The summed E-state index contributed by atoms with van der Waals surface area (Å²) in [6.07, 6.45) is 0.0576. The normalized spacial score (nSPS) is 19.4. The topological polar surface area (TPSA) is 113 Å². The number of carbonyl (C=O) groups is 2. The summed E-state index contributed by atoms with van der Waals surface area (Å²) in [5.41, 5.74) is 0.884. The third-order valence-electron chi connectivity index (χ3n) is 5.27. The highest BCUT2D eigenvalue weighted by atomic mass is 35.5. The van der Waals surface area contributed by atoms with Crippen LogP contribution in [0.15, 0.2) is 57.3 Å². The van der Waals surface area contributed by atoms with Gasteiger partial charge >= 0.3 is 0 Å². The van der Waals surface area contributed by atoms with Crippen molar-refractivity contribution in [1.29, 1.82) is 0 Å². The number of halogens is 2. The van der Waals surface area contributed by atoms with Gasteiger partial charge in [0.15, 0.2) is 12.1 Å². The molecule has 10 nitrogen and oxygen atoms in total. The predicted octanol–water partition coefficient (Wildman–Crippen LogP) is 3.81. The summed E-state index contributed by atoms with van der Waals surface area (Å²) in [5.74, 6) is -0.500. The lowest BCUT2D eigenvalue weighted by Crippen LogP contribution is -2.39. The van der Waals surface area contributed by atoms with E-state index in [1.54, 1.807) is 0 Å². The minimum atomic E-state index is -1.02. The van der Waals surface area contributed by atoms with Gasteiger partial charge in [-0.05, 0) is 56.3 Å². The molecule has 2 amide bonds. The maximum absolute atomic E-state index is 13.5. The van der Waals surface area contributed by atoms with E-state index in [9.17, 15) is 14.0 Å². The van der Waals surface area contributed by atoms with Gasteiger partial charge in [-0.1, -0.05) is 22.0 Å². The number of hydrogen-bond donors (Lipinski definition) is 0. The molecule has 0 radical (unpaired) electrons. The fraction of sp³-hybridized carbons (Fsp3) is 0.273. The Hall–Kier alpha value is -3.86. The molecule has 1 aromatic heterocycles. The van der Waals surface area contributed by atoms with Crippen LogP contribution in [-0.2, 0) is 16.1 Å². The van der Waals surface area contributed by atoms with Crippen LogP contribution in [-0.4, -0.2) is 45.2 Å². The van der Waals surface area contributed by atoms with E-state index in [0.717, 1.165) is 22.3 Å². The van der Waals surface area contributed by atoms with Gasteiger partial charge in [0.2, 0.25) is 11.7 Å². The average Bonchev–Trinajstić information content (AvgIpc) is 3.49. The molecule has 12 heteroatoms. The molecule has 2 atom stereocenters. The number of fused-ring (bicyclic) bond motifs is 1. The van der Waals surface area contributed by atoms with Crippen LogP contribution in [0, 0.1) is 5.82 Å². The van der Waals surface area contributed by atoms with Crippen LogP contribution in [0.5, 0.6) is 5.75 Å². The minimum Gasteiger partial charge on any atom is -0.491 e. The zero-order valence-electron chi connectivity index (χ0n) is 18.1. The summed E-state index contributed by atoms with van der Waals surface area (Å²) in [6.45, 7) is 3.86. The Morgan fingerprint density at radius 1 is 1.15 bits per heavy atom. The van der Waals surface area contributed by atoms with Gasteiger partial charge in [0.1, 0.15) is 18.1 Å². The van der Waals surface area contributed by atoms with Crippen LogP contribution in [0.3, 0.4) is 0 Å². The molecule has 0 bridgehead atoms. The Labute approximate surface area is 197 Å². The molecule has 0 saturated carbocycles. The Kier molecular flexibility index (Phi) is 5.48. The SMILES string of the molecule is CC(C)Oc1ccc(-c2noc(CN3N=N[C@H]4C(=O)N(c5ccc(F)c(Cl)c5)C(=O)[C@H]43)n2)cc1. The van der Waals surface area contributed by atoms with Gasteiger partial charge in [-0.2, -0.15) is 10.1 Å². The molecule has 0 unspecified atom stereocenters. The van der Waals surface area contributed by atoms with Crippen molar-refractivity contribution in [2.45, 2.75) is 38.6 Å². The van der Waals surface area contributed by atoms with Crippen LogP contribution >= 0.6 is 11.6 Å². The Morgan fingerprint density at radius 2 is 1.91 bits per heavy atom. The molecular formula is C22H18ClFN6O4. The number of hydrogen-bond acceptors (Lipinski definition) is 9. The number of rotatable bonds is 6. The first-order valence-electron chi connectivity index (χ1n) is 10.4. The average molecular weight is 485 g/mol. The molecule has 2 aliphatic heterocycles. The van der Waals surface area contributed by atoms with Crippen LogP contribution in [0.2, 0.25) is 5.02 Å². The van der Waals surface area contributed by atoms with Crippen molar-refractivity contribution in [2.75, 3.05) is 4.90 Å². The van der Waals surface area contributed by atoms with E-state index in [0.29, 0.717) is 5.82 Å². The second-order valence-electron chi connectivity index (χ2n) is 8.01. The standard InChI is InChI=1S/C22H18ClFN6O4/c1-11(2)33-14-6-3-12(4-7-14)20-25-17(34-27-20)10-29-19-18(26-28-29)21(31)30(22(19)32)13-5-8-16(24)15(23)9-13/h3-9,11,18-19H,10H2,1-2H3/t18-,19+/m1/s1. The molecule has 174 valence electrons. The van der Waals surface area contributed by atoms with Crippen molar-refractivity contribution in [3.05, 3.63) is 59.2 Å². The highest BCUT2D eigenvalue weighted by Crippen LogP contribution is 2.34. The molecular weight excluding hydrogens is 467 g/mol. The van der Waals surface area contributed by atoms with Gasteiger partial charge < -0.3 is 9.26 Å². The van der Waals surface area contributed by atoms with Gasteiger partial charge in [-0.25, -0.2) is 9.29 Å². The molecule has 2 aliphatic rings. The van der Waals surface area contributed by atoms with Crippen molar-refractivity contribution in [3.8, 4) is 17.1 Å².